The van der Waals surface area contributed by atoms with Crippen molar-refractivity contribution in [2.75, 3.05) is 12.4 Å². The van der Waals surface area contributed by atoms with E-state index in [0.29, 0.717) is 0 Å². The maximum absolute atomic E-state index is 10.3. The number of amides is 2. The van der Waals surface area contributed by atoms with Crippen LogP contribution in [-0.2, 0) is 9.59 Å². The first-order valence-corrected chi connectivity index (χ1v) is 2.83. The van der Waals surface area contributed by atoms with Gasteiger partial charge >= 0.3 is 0 Å². The van der Waals surface area contributed by atoms with E-state index in [0.717, 1.165) is 0 Å². The summed E-state index contributed by atoms with van der Waals surface area (Å²) in [7, 11) is 0. The third-order valence-corrected chi connectivity index (χ3v) is 0.828. The second-order valence-electron chi connectivity index (χ2n) is 1.31. The summed E-state index contributed by atoms with van der Waals surface area (Å²) in [6, 6.07) is 0. The number of hydrogen-bond donors (Lipinski definition) is 2. The van der Waals surface area contributed by atoms with Crippen molar-refractivity contribution in [2.24, 2.45) is 5.73 Å². The maximum atomic E-state index is 10.3. The summed E-state index contributed by atoms with van der Waals surface area (Å²) in [4.78, 5) is 20.5. The zero-order chi connectivity index (χ0) is 7.28. The lowest BCUT2D eigenvalue weighted by atomic mass is 10.6. The van der Waals surface area contributed by atoms with E-state index in [4.69, 9.17) is 17.3 Å². The molecule has 3 N–H and O–H groups in total. The first-order valence-electron chi connectivity index (χ1n) is 2.29. The molecule has 52 valence electrons. The minimum Gasteiger partial charge on any atom is -0.322 e. The quantitative estimate of drug-likeness (QED) is 0.487. The summed E-state index contributed by atoms with van der Waals surface area (Å²) < 4.78 is 0. The highest BCUT2D eigenvalue weighted by atomic mass is 35.5. The van der Waals surface area contributed by atoms with Crippen molar-refractivity contribution in [3.8, 4) is 0 Å². The van der Waals surface area contributed by atoms with Crippen molar-refractivity contribution < 1.29 is 9.59 Å². The lowest BCUT2D eigenvalue weighted by molar-refractivity contribution is -0.128. The lowest BCUT2D eigenvalue weighted by Gasteiger charge is -1.95. The van der Waals surface area contributed by atoms with E-state index in [1.807, 2.05) is 5.32 Å². The molecular formula is C4H7ClN2O2. The van der Waals surface area contributed by atoms with Crippen LogP contribution >= 0.6 is 11.6 Å². The Labute approximate surface area is 57.4 Å². The van der Waals surface area contributed by atoms with Crippen molar-refractivity contribution in [1.82, 2.24) is 5.32 Å². The van der Waals surface area contributed by atoms with Crippen molar-refractivity contribution in [1.29, 1.82) is 0 Å². The molecule has 0 aliphatic heterocycles. The average Bonchev–Trinajstić information content (AvgIpc) is 1.87. The average molecular weight is 151 g/mol. The SMILES string of the molecule is NCC(=O)NC(=O)CCl. The van der Waals surface area contributed by atoms with E-state index in [2.05, 4.69) is 0 Å². The number of carbonyl (C=O) groups is 2. The van der Waals surface area contributed by atoms with Gasteiger partial charge in [0.15, 0.2) is 0 Å². The van der Waals surface area contributed by atoms with Crippen LogP contribution in [0.5, 0.6) is 0 Å². The number of imide groups is 1. The van der Waals surface area contributed by atoms with Gasteiger partial charge in [-0.15, -0.1) is 11.6 Å². The fourth-order valence-corrected chi connectivity index (χ4v) is 0.307. The summed E-state index contributed by atoms with van der Waals surface area (Å²) in [5, 5.41) is 1.94. The molecule has 0 aliphatic carbocycles. The molecule has 0 saturated carbocycles. The lowest BCUT2D eigenvalue weighted by Crippen LogP contribution is -2.35. The molecule has 0 rings (SSSR count). The van der Waals surface area contributed by atoms with Crippen molar-refractivity contribution in [2.45, 2.75) is 0 Å². The zero-order valence-electron chi connectivity index (χ0n) is 4.69. The molecule has 0 spiro atoms. The molecule has 5 heteroatoms. The van der Waals surface area contributed by atoms with Gasteiger partial charge in [0.25, 0.3) is 0 Å². The molecule has 0 aromatic rings. The number of halogens is 1. The number of alkyl halides is 1. The zero-order valence-corrected chi connectivity index (χ0v) is 5.44. The van der Waals surface area contributed by atoms with Crippen LogP contribution < -0.4 is 11.1 Å². The molecule has 0 atom stereocenters. The summed E-state index contributed by atoms with van der Waals surface area (Å²) in [6.07, 6.45) is 0. The van der Waals surface area contributed by atoms with Crippen LogP contribution in [0.2, 0.25) is 0 Å². The first-order chi connectivity index (χ1) is 4.20. The van der Waals surface area contributed by atoms with E-state index in [1.54, 1.807) is 0 Å². The van der Waals surface area contributed by atoms with Crippen LogP contribution in [0.15, 0.2) is 0 Å². The molecule has 0 heterocycles. The Bertz CT molecular complexity index is 112. The van der Waals surface area contributed by atoms with Crippen LogP contribution in [0.1, 0.15) is 0 Å². The van der Waals surface area contributed by atoms with Gasteiger partial charge in [-0.1, -0.05) is 0 Å². The topological polar surface area (TPSA) is 72.2 Å². The van der Waals surface area contributed by atoms with Gasteiger partial charge < -0.3 is 5.73 Å². The molecule has 9 heavy (non-hydrogen) atoms. The van der Waals surface area contributed by atoms with E-state index in [1.165, 1.54) is 0 Å². The van der Waals surface area contributed by atoms with Gasteiger partial charge in [-0.05, 0) is 0 Å². The number of rotatable bonds is 2. The molecule has 0 saturated heterocycles. The molecular weight excluding hydrogens is 144 g/mol. The van der Waals surface area contributed by atoms with Crippen LogP contribution in [-0.4, -0.2) is 24.2 Å². The third-order valence-electron chi connectivity index (χ3n) is 0.586. The summed E-state index contributed by atoms with van der Waals surface area (Å²) >= 11 is 5.05. The smallest absolute Gasteiger partial charge is 0.241 e. The van der Waals surface area contributed by atoms with Crippen molar-refractivity contribution >= 4 is 23.4 Å². The molecule has 0 unspecified atom stereocenters. The molecule has 0 radical (unpaired) electrons. The second kappa shape index (κ2) is 4.29. The Morgan fingerprint density at radius 2 is 2.00 bits per heavy atom. The van der Waals surface area contributed by atoms with Crippen LogP contribution in [0, 0.1) is 0 Å². The van der Waals surface area contributed by atoms with Gasteiger partial charge in [0, 0.05) is 0 Å². The van der Waals surface area contributed by atoms with E-state index < -0.39 is 11.8 Å². The highest BCUT2D eigenvalue weighted by Gasteiger charge is 2.01. The number of nitrogens with one attached hydrogen (secondary N) is 1. The highest BCUT2D eigenvalue weighted by molar-refractivity contribution is 6.28. The minimum absolute atomic E-state index is 0.192. The Morgan fingerprint density at radius 3 is 2.33 bits per heavy atom. The van der Waals surface area contributed by atoms with Gasteiger partial charge in [0.2, 0.25) is 11.8 Å². The predicted molar refractivity (Wildman–Crippen MR) is 32.9 cm³/mol. The molecule has 0 bridgehead atoms. The number of hydrogen-bond acceptors (Lipinski definition) is 3. The Hall–Kier alpha value is -0.610. The Morgan fingerprint density at radius 1 is 1.44 bits per heavy atom. The summed E-state index contributed by atoms with van der Waals surface area (Å²) in [5.74, 6) is -1.25. The molecule has 2 amide bonds. The van der Waals surface area contributed by atoms with Crippen LogP contribution in [0.25, 0.3) is 0 Å². The number of carbonyl (C=O) groups excluding carboxylic acids is 2. The Kier molecular flexibility index (Phi) is 4.00. The van der Waals surface area contributed by atoms with Crippen molar-refractivity contribution in [3.63, 3.8) is 0 Å². The molecule has 0 aromatic heterocycles. The van der Waals surface area contributed by atoms with Crippen molar-refractivity contribution in [3.05, 3.63) is 0 Å². The monoisotopic (exact) mass is 150 g/mol. The summed E-state index contributed by atoms with van der Waals surface area (Å²) in [6.45, 7) is -0.192. The standard InChI is InChI=1S/C4H7ClN2O2/c5-1-3(8)7-4(9)2-6/h1-2,6H2,(H,7,8,9). The van der Waals surface area contributed by atoms with Gasteiger partial charge in [-0.3, -0.25) is 14.9 Å². The maximum Gasteiger partial charge on any atom is 0.241 e. The Balaban J connectivity index is 3.47. The number of nitrogens with two attached hydrogens (primary N) is 1. The molecule has 0 aliphatic rings. The second-order valence-corrected chi connectivity index (χ2v) is 1.58. The van der Waals surface area contributed by atoms with E-state index in [-0.39, 0.29) is 12.4 Å². The minimum atomic E-state index is -0.521. The van der Waals surface area contributed by atoms with Gasteiger partial charge in [-0.25, -0.2) is 0 Å². The first kappa shape index (κ1) is 8.39. The van der Waals surface area contributed by atoms with Crippen LogP contribution in [0.3, 0.4) is 0 Å². The fraction of sp³-hybridized carbons (Fsp3) is 0.500. The fourth-order valence-electron chi connectivity index (χ4n) is 0.240. The molecule has 0 aromatic carbocycles. The van der Waals surface area contributed by atoms with E-state index in [9.17, 15) is 9.59 Å². The summed E-state index contributed by atoms with van der Waals surface area (Å²) in [5.41, 5.74) is 4.87. The van der Waals surface area contributed by atoms with Gasteiger partial charge in [0.05, 0.1) is 6.54 Å². The van der Waals surface area contributed by atoms with Gasteiger partial charge in [-0.2, -0.15) is 0 Å². The highest BCUT2D eigenvalue weighted by Crippen LogP contribution is 1.72. The van der Waals surface area contributed by atoms with Gasteiger partial charge in [0.1, 0.15) is 5.88 Å². The molecule has 4 nitrogen and oxygen atoms in total. The normalized spacial score (nSPS) is 8.67. The van der Waals surface area contributed by atoms with E-state index >= 15 is 0 Å². The predicted octanol–water partition coefficient (Wildman–Crippen LogP) is -1.17. The van der Waals surface area contributed by atoms with Crippen LogP contribution in [0.4, 0.5) is 0 Å². The largest absolute Gasteiger partial charge is 0.322 e. The molecule has 0 fully saturated rings. The third kappa shape index (κ3) is 3.93.